The monoisotopic (exact) mass is 774 g/mol. The van der Waals surface area contributed by atoms with Gasteiger partial charge in [0, 0.05) is 88.9 Å². The van der Waals surface area contributed by atoms with Crippen LogP contribution in [0, 0.1) is 12.7 Å². The minimum atomic E-state index is -1.13. The number of hydrogen-bond acceptors (Lipinski definition) is 7. The van der Waals surface area contributed by atoms with Gasteiger partial charge in [0.25, 0.3) is 0 Å². The highest BCUT2D eigenvalue weighted by atomic mass is 28.3. The zero-order valence-electron chi connectivity index (χ0n) is 34.4. The quantitative estimate of drug-likeness (QED) is 0.0612. The van der Waals surface area contributed by atoms with Gasteiger partial charge in [-0.2, -0.15) is 0 Å². The molecule has 1 saturated heterocycles. The molecule has 0 spiro atoms. The summed E-state index contributed by atoms with van der Waals surface area (Å²) in [6, 6.07) is 18.7. The summed E-state index contributed by atoms with van der Waals surface area (Å²) in [7, 11) is 0.575. The molecule has 4 aromatic rings. The second-order valence-electron chi connectivity index (χ2n) is 17.2. The molecule has 5 rings (SSSR count). The van der Waals surface area contributed by atoms with Crippen LogP contribution in [0.4, 0.5) is 9.18 Å². The number of benzene rings is 2. The van der Waals surface area contributed by atoms with Gasteiger partial charge in [0.05, 0.1) is 5.52 Å². The van der Waals surface area contributed by atoms with Crippen LogP contribution in [0.1, 0.15) is 69.2 Å². The van der Waals surface area contributed by atoms with E-state index in [9.17, 15) is 4.79 Å². The lowest BCUT2D eigenvalue weighted by atomic mass is 9.91. The minimum absolute atomic E-state index is 0.122. The molecule has 1 amide bonds. The van der Waals surface area contributed by atoms with Gasteiger partial charge in [-0.3, -0.25) is 0 Å². The number of amides is 1. The smallest absolute Gasteiger partial charge is 0.407 e. The number of carbonyl (C=O) groups is 1. The van der Waals surface area contributed by atoms with Crippen molar-refractivity contribution in [3.05, 3.63) is 83.4 Å². The Bertz CT molecular complexity index is 1820. The molecule has 2 atom stereocenters. The lowest BCUT2D eigenvalue weighted by Crippen LogP contribution is -2.43. The van der Waals surface area contributed by atoms with Crippen molar-refractivity contribution < 1.29 is 28.1 Å². The number of ether oxygens (including phenoxy) is 4. The van der Waals surface area contributed by atoms with Crippen molar-refractivity contribution in [3.63, 3.8) is 0 Å². The molecule has 2 unspecified atom stereocenters. The van der Waals surface area contributed by atoms with E-state index in [0.29, 0.717) is 31.0 Å². The number of aryl methyl sites for hydroxylation is 2. The number of likely N-dealkylation sites (tertiary alicyclic amines) is 1. The number of hydrogen-bond donors (Lipinski definition) is 1. The van der Waals surface area contributed by atoms with Gasteiger partial charge in [0.2, 0.25) is 5.88 Å². The van der Waals surface area contributed by atoms with E-state index in [2.05, 4.69) is 70.6 Å². The normalized spacial score (nSPS) is 16.0. The van der Waals surface area contributed by atoms with E-state index < -0.39 is 19.8 Å². The second-order valence-corrected chi connectivity index (χ2v) is 22.8. The average Bonchev–Trinajstić information content (AvgIpc) is 3.42. The number of nitrogens with one attached hydrogen (secondary N) is 1. The first-order chi connectivity index (χ1) is 26.2. The third-order valence-corrected chi connectivity index (χ3v) is 12.0. The zero-order chi connectivity index (χ0) is 39.6. The van der Waals surface area contributed by atoms with Crippen molar-refractivity contribution in [2.75, 3.05) is 46.8 Å². The molecule has 9 nitrogen and oxygen atoms in total. The second kappa shape index (κ2) is 19.4. The maximum Gasteiger partial charge on any atom is 0.407 e. The maximum atomic E-state index is 15.3. The molecule has 0 bridgehead atoms. The molecule has 0 saturated carbocycles. The van der Waals surface area contributed by atoms with Crippen molar-refractivity contribution in [1.82, 2.24) is 19.8 Å². The van der Waals surface area contributed by atoms with Gasteiger partial charge in [0.15, 0.2) is 6.79 Å². The van der Waals surface area contributed by atoms with E-state index in [0.717, 1.165) is 80.0 Å². The maximum absolute atomic E-state index is 15.3. The Morgan fingerprint density at radius 3 is 2.49 bits per heavy atom. The van der Waals surface area contributed by atoms with E-state index in [4.69, 9.17) is 18.9 Å². The fraction of sp³-hybridized carbons (Fsp3) is 0.545. The van der Waals surface area contributed by atoms with Crippen LogP contribution in [0.5, 0.6) is 5.88 Å². The Labute approximate surface area is 328 Å². The van der Waals surface area contributed by atoms with Gasteiger partial charge in [0.1, 0.15) is 11.4 Å². The van der Waals surface area contributed by atoms with Gasteiger partial charge >= 0.3 is 6.09 Å². The molecule has 0 aliphatic carbocycles. The first-order valence-corrected chi connectivity index (χ1v) is 23.7. The van der Waals surface area contributed by atoms with Crippen LogP contribution < -0.4 is 10.1 Å². The summed E-state index contributed by atoms with van der Waals surface area (Å²) < 4.78 is 39.9. The first kappa shape index (κ1) is 42.4. The predicted molar refractivity (Wildman–Crippen MR) is 222 cm³/mol. The number of fused-ring (bicyclic) bond motifs is 1. The molecule has 2 aromatic carbocycles. The van der Waals surface area contributed by atoms with E-state index >= 15 is 4.39 Å². The number of aromatic nitrogens is 2. The van der Waals surface area contributed by atoms with Crippen LogP contribution in [0.3, 0.4) is 0 Å². The first-order valence-electron chi connectivity index (χ1n) is 19.9. The zero-order valence-corrected chi connectivity index (χ0v) is 35.4. The highest BCUT2D eigenvalue weighted by molar-refractivity contribution is 6.76. The molecule has 55 heavy (non-hydrogen) atoms. The Morgan fingerprint density at radius 2 is 1.80 bits per heavy atom. The molecular formula is C44H63FN4O5Si. The molecule has 1 N–H and O–H groups in total. The van der Waals surface area contributed by atoms with Crippen molar-refractivity contribution in [1.29, 1.82) is 0 Å². The number of pyridine rings is 1. The third-order valence-electron chi connectivity index (χ3n) is 10.3. The van der Waals surface area contributed by atoms with Crippen LogP contribution in [0.25, 0.3) is 22.0 Å². The fourth-order valence-electron chi connectivity index (χ4n) is 7.49. The van der Waals surface area contributed by atoms with Crippen LogP contribution in [-0.2, 0) is 27.2 Å². The molecule has 1 aliphatic heterocycles. The SMILES string of the molecule is COCCCn1c(C2CCCN(CCC(Cc3ccc(-c4ccc(OCOCC[Si](C)(C)C)nc4)cc3)NC(=O)OC(C)(C)C)C2)c(C)c2cccc(F)c21. The van der Waals surface area contributed by atoms with E-state index in [1.807, 2.05) is 51.2 Å². The lowest BCUT2D eigenvalue weighted by molar-refractivity contribution is 0.0193. The summed E-state index contributed by atoms with van der Waals surface area (Å²) in [4.78, 5) is 20.0. The summed E-state index contributed by atoms with van der Waals surface area (Å²) in [5.74, 6) is 0.656. The number of para-hydroxylation sites is 1. The van der Waals surface area contributed by atoms with Gasteiger partial charge in [-0.25, -0.2) is 14.2 Å². The molecule has 2 aromatic heterocycles. The van der Waals surface area contributed by atoms with E-state index in [1.54, 1.807) is 13.2 Å². The number of carbonyl (C=O) groups excluding carboxylic acids is 1. The number of halogens is 1. The number of nitrogens with zero attached hydrogens (tertiary/aromatic N) is 3. The number of piperidine rings is 1. The lowest BCUT2D eigenvalue weighted by Gasteiger charge is -2.35. The van der Waals surface area contributed by atoms with Crippen molar-refractivity contribution >= 4 is 25.1 Å². The van der Waals surface area contributed by atoms with Crippen molar-refractivity contribution in [3.8, 4) is 17.0 Å². The molecule has 1 fully saturated rings. The van der Waals surface area contributed by atoms with E-state index in [-0.39, 0.29) is 24.6 Å². The Kier molecular flexibility index (Phi) is 14.9. The summed E-state index contributed by atoms with van der Waals surface area (Å²) >= 11 is 0. The minimum Gasteiger partial charge on any atom is -0.451 e. The van der Waals surface area contributed by atoms with Crippen LogP contribution in [0.15, 0.2) is 60.8 Å². The highest BCUT2D eigenvalue weighted by Crippen LogP contribution is 2.37. The summed E-state index contributed by atoms with van der Waals surface area (Å²) in [6.07, 6.45) is 5.80. The molecule has 11 heteroatoms. The van der Waals surface area contributed by atoms with Gasteiger partial charge in [-0.15, -0.1) is 0 Å². The van der Waals surface area contributed by atoms with Crippen LogP contribution >= 0.6 is 0 Å². The molecule has 3 heterocycles. The topological polar surface area (TPSA) is 87.1 Å². The molecule has 1 aliphatic rings. The summed E-state index contributed by atoms with van der Waals surface area (Å²) in [5, 5.41) is 4.18. The number of alkyl carbamates (subject to hydrolysis) is 1. The summed E-state index contributed by atoms with van der Waals surface area (Å²) in [6.45, 7) is 19.7. The fourth-order valence-corrected chi connectivity index (χ4v) is 8.25. The summed E-state index contributed by atoms with van der Waals surface area (Å²) in [5.41, 5.74) is 5.70. The van der Waals surface area contributed by atoms with Gasteiger partial charge in [-0.05, 0) is 101 Å². The highest BCUT2D eigenvalue weighted by Gasteiger charge is 2.29. The molecule has 0 radical (unpaired) electrons. The van der Waals surface area contributed by atoms with Gasteiger partial charge < -0.3 is 33.7 Å². The predicted octanol–water partition coefficient (Wildman–Crippen LogP) is 9.58. The van der Waals surface area contributed by atoms with E-state index in [1.165, 1.54) is 11.3 Å². The average molecular weight is 775 g/mol. The van der Waals surface area contributed by atoms with Crippen LogP contribution in [0.2, 0.25) is 25.7 Å². The van der Waals surface area contributed by atoms with Crippen molar-refractivity contribution in [2.24, 2.45) is 0 Å². The Morgan fingerprint density at radius 1 is 1.04 bits per heavy atom. The van der Waals surface area contributed by atoms with Crippen LogP contribution in [-0.4, -0.2) is 87.0 Å². The Balaban J connectivity index is 1.23. The van der Waals surface area contributed by atoms with Gasteiger partial charge in [-0.1, -0.05) is 56.0 Å². The third kappa shape index (κ3) is 12.6. The number of methoxy groups -OCH3 is 1. The standard InChI is InChI=1S/C44H63FN4O5Si/c1-32-38-13-9-14-39(45)42(38)49(23-11-25-51-5)41(32)36-12-10-22-48(30-36)24-21-37(47-43(50)54-44(2,3)4)28-33-15-17-34(18-16-33)35-19-20-40(46-29-35)53-31-52-26-27-55(6,7)8/h9,13-20,29,36-37H,10-12,21-28,30-31H2,1-8H3,(H,47,50). The number of rotatable bonds is 18. The Hall–Kier alpha value is -3.77. The largest absolute Gasteiger partial charge is 0.451 e. The van der Waals surface area contributed by atoms with Crippen molar-refractivity contribution in [2.45, 2.75) is 110 Å². The molecule has 300 valence electrons. The molecular weight excluding hydrogens is 712 g/mol.